The Morgan fingerprint density at radius 2 is 2.17 bits per heavy atom. The van der Waals surface area contributed by atoms with Crippen molar-refractivity contribution in [3.05, 3.63) is 29.7 Å². The van der Waals surface area contributed by atoms with E-state index < -0.39 is 0 Å². The molecule has 1 atom stereocenters. The SMILES string of the molecule is CC(=O)CC(c1ccc2oc(C)nc2c1)N(C)C. The van der Waals surface area contributed by atoms with Crippen molar-refractivity contribution in [3.8, 4) is 0 Å². The first kappa shape index (κ1) is 12.8. The maximum Gasteiger partial charge on any atom is 0.192 e. The molecule has 0 saturated carbocycles. The molecule has 1 aromatic heterocycles. The second-order valence-corrected chi connectivity index (χ2v) is 4.85. The highest BCUT2D eigenvalue weighted by Crippen LogP contribution is 2.26. The number of aryl methyl sites for hydroxylation is 1. The van der Waals surface area contributed by atoms with Gasteiger partial charge >= 0.3 is 0 Å². The lowest BCUT2D eigenvalue weighted by molar-refractivity contribution is -0.118. The van der Waals surface area contributed by atoms with Gasteiger partial charge in [-0.05, 0) is 38.7 Å². The molecule has 1 heterocycles. The molecule has 0 N–H and O–H groups in total. The average molecular weight is 246 g/mol. The van der Waals surface area contributed by atoms with Crippen LogP contribution in [0.2, 0.25) is 0 Å². The van der Waals surface area contributed by atoms with Gasteiger partial charge < -0.3 is 9.32 Å². The molecule has 0 amide bonds. The normalized spacial score (nSPS) is 13.2. The molecule has 18 heavy (non-hydrogen) atoms. The lowest BCUT2D eigenvalue weighted by Gasteiger charge is -2.23. The van der Waals surface area contributed by atoms with E-state index in [2.05, 4.69) is 9.88 Å². The van der Waals surface area contributed by atoms with E-state index in [1.165, 1.54) is 0 Å². The lowest BCUT2D eigenvalue weighted by Crippen LogP contribution is -2.22. The fourth-order valence-corrected chi connectivity index (χ4v) is 2.14. The molecule has 2 rings (SSSR count). The summed E-state index contributed by atoms with van der Waals surface area (Å²) in [5, 5.41) is 0. The van der Waals surface area contributed by atoms with Crippen LogP contribution in [0.5, 0.6) is 0 Å². The second-order valence-electron chi connectivity index (χ2n) is 4.85. The summed E-state index contributed by atoms with van der Waals surface area (Å²) in [5.41, 5.74) is 2.73. The molecular weight excluding hydrogens is 228 g/mol. The third-order valence-corrected chi connectivity index (χ3v) is 3.01. The number of ketones is 1. The van der Waals surface area contributed by atoms with Crippen LogP contribution in [0, 0.1) is 6.92 Å². The quantitative estimate of drug-likeness (QED) is 0.832. The van der Waals surface area contributed by atoms with Gasteiger partial charge in [0, 0.05) is 19.4 Å². The Bertz CT molecular complexity index is 572. The van der Waals surface area contributed by atoms with Gasteiger partial charge in [0.1, 0.15) is 11.3 Å². The summed E-state index contributed by atoms with van der Waals surface area (Å²) in [6.07, 6.45) is 0.509. The number of oxazole rings is 1. The number of hydrogen-bond donors (Lipinski definition) is 0. The number of fused-ring (bicyclic) bond motifs is 1. The first-order valence-corrected chi connectivity index (χ1v) is 6.00. The summed E-state index contributed by atoms with van der Waals surface area (Å²) >= 11 is 0. The average Bonchev–Trinajstić information content (AvgIpc) is 2.64. The van der Waals surface area contributed by atoms with Crippen molar-refractivity contribution in [2.75, 3.05) is 14.1 Å². The van der Waals surface area contributed by atoms with Crippen molar-refractivity contribution >= 4 is 16.9 Å². The Balaban J connectivity index is 2.40. The molecule has 0 spiro atoms. The molecule has 0 aliphatic rings. The molecule has 1 unspecified atom stereocenters. The molecule has 1 aromatic carbocycles. The summed E-state index contributed by atoms with van der Waals surface area (Å²) in [6.45, 7) is 3.45. The predicted molar refractivity (Wildman–Crippen MR) is 70.5 cm³/mol. The molecular formula is C14H18N2O2. The highest BCUT2D eigenvalue weighted by Gasteiger charge is 2.17. The third-order valence-electron chi connectivity index (χ3n) is 3.01. The van der Waals surface area contributed by atoms with Crippen molar-refractivity contribution in [1.29, 1.82) is 0 Å². The van der Waals surface area contributed by atoms with Gasteiger partial charge in [0.05, 0.1) is 0 Å². The van der Waals surface area contributed by atoms with Crippen LogP contribution in [0.1, 0.15) is 30.8 Å². The Hall–Kier alpha value is -1.68. The number of benzene rings is 1. The van der Waals surface area contributed by atoms with Crippen LogP contribution in [-0.2, 0) is 4.79 Å². The lowest BCUT2D eigenvalue weighted by atomic mass is 10.0. The van der Waals surface area contributed by atoms with Crippen LogP contribution in [0.3, 0.4) is 0 Å². The highest BCUT2D eigenvalue weighted by molar-refractivity contribution is 5.77. The van der Waals surface area contributed by atoms with E-state index in [1.54, 1.807) is 6.92 Å². The molecule has 0 bridgehead atoms. The smallest absolute Gasteiger partial charge is 0.192 e. The summed E-state index contributed by atoms with van der Waals surface area (Å²) in [4.78, 5) is 17.7. The fourth-order valence-electron chi connectivity index (χ4n) is 2.14. The van der Waals surface area contributed by atoms with E-state index in [9.17, 15) is 4.79 Å². The number of nitrogens with zero attached hydrogens (tertiary/aromatic N) is 2. The van der Waals surface area contributed by atoms with Crippen LogP contribution in [0.25, 0.3) is 11.1 Å². The van der Waals surface area contributed by atoms with E-state index in [0.29, 0.717) is 12.3 Å². The van der Waals surface area contributed by atoms with Crippen LogP contribution in [0.4, 0.5) is 0 Å². The van der Waals surface area contributed by atoms with Gasteiger partial charge in [0.15, 0.2) is 11.5 Å². The summed E-state index contributed by atoms with van der Waals surface area (Å²) in [6, 6.07) is 6.00. The van der Waals surface area contributed by atoms with Crippen molar-refractivity contribution in [2.45, 2.75) is 26.3 Å². The fraction of sp³-hybridized carbons (Fsp3) is 0.429. The van der Waals surface area contributed by atoms with Gasteiger partial charge in [-0.15, -0.1) is 0 Å². The molecule has 0 fully saturated rings. The topological polar surface area (TPSA) is 46.3 Å². The van der Waals surface area contributed by atoms with E-state index in [4.69, 9.17) is 4.42 Å². The third kappa shape index (κ3) is 2.59. The summed E-state index contributed by atoms with van der Waals surface area (Å²) in [5.74, 6) is 0.847. The van der Waals surface area contributed by atoms with Gasteiger partial charge in [0.25, 0.3) is 0 Å². The second kappa shape index (κ2) is 4.90. The standard InChI is InChI=1S/C14H18N2O2/c1-9(17)7-13(16(3)4)11-5-6-14-12(8-11)15-10(2)18-14/h5-6,8,13H,7H2,1-4H3. The van der Waals surface area contributed by atoms with Crippen LogP contribution in [0.15, 0.2) is 22.6 Å². The molecule has 4 nitrogen and oxygen atoms in total. The summed E-state index contributed by atoms with van der Waals surface area (Å²) in [7, 11) is 3.96. The van der Waals surface area contributed by atoms with E-state index >= 15 is 0 Å². The maximum atomic E-state index is 11.3. The maximum absolute atomic E-state index is 11.3. The zero-order valence-electron chi connectivity index (χ0n) is 11.2. The van der Waals surface area contributed by atoms with Crippen molar-refractivity contribution in [1.82, 2.24) is 9.88 Å². The van der Waals surface area contributed by atoms with Crippen LogP contribution < -0.4 is 0 Å². The number of hydrogen-bond acceptors (Lipinski definition) is 4. The number of Topliss-reactive ketones (excluding diaryl/α,β-unsaturated/α-hetero) is 1. The minimum atomic E-state index is 0.0870. The predicted octanol–water partition coefficient (Wildman–Crippen LogP) is 2.72. The van der Waals surface area contributed by atoms with Gasteiger partial charge in [-0.3, -0.25) is 4.79 Å². The van der Waals surface area contributed by atoms with Crippen LogP contribution >= 0.6 is 0 Å². The molecule has 0 saturated heterocycles. The van der Waals surface area contributed by atoms with Gasteiger partial charge in [-0.25, -0.2) is 4.98 Å². The Morgan fingerprint density at radius 1 is 1.44 bits per heavy atom. The van der Waals surface area contributed by atoms with Crippen molar-refractivity contribution in [3.63, 3.8) is 0 Å². The largest absolute Gasteiger partial charge is 0.441 e. The first-order chi connectivity index (χ1) is 8.47. The Kier molecular flexibility index (Phi) is 3.48. The Morgan fingerprint density at radius 3 is 2.78 bits per heavy atom. The molecule has 0 aliphatic heterocycles. The minimum absolute atomic E-state index is 0.0870. The van der Waals surface area contributed by atoms with E-state index in [-0.39, 0.29) is 11.8 Å². The number of rotatable bonds is 4. The van der Waals surface area contributed by atoms with Crippen molar-refractivity contribution < 1.29 is 9.21 Å². The zero-order valence-corrected chi connectivity index (χ0v) is 11.2. The van der Waals surface area contributed by atoms with E-state index in [1.807, 2.05) is 39.2 Å². The molecule has 96 valence electrons. The van der Waals surface area contributed by atoms with Gasteiger partial charge in [-0.2, -0.15) is 0 Å². The zero-order chi connectivity index (χ0) is 13.3. The summed E-state index contributed by atoms with van der Waals surface area (Å²) < 4.78 is 5.45. The van der Waals surface area contributed by atoms with Gasteiger partial charge in [0.2, 0.25) is 0 Å². The number of carbonyl (C=O) groups excluding carboxylic acids is 1. The molecule has 0 radical (unpaired) electrons. The van der Waals surface area contributed by atoms with E-state index in [0.717, 1.165) is 16.7 Å². The highest BCUT2D eigenvalue weighted by atomic mass is 16.3. The number of carbonyl (C=O) groups is 1. The van der Waals surface area contributed by atoms with Crippen molar-refractivity contribution in [2.24, 2.45) is 0 Å². The van der Waals surface area contributed by atoms with Gasteiger partial charge in [-0.1, -0.05) is 6.07 Å². The molecule has 4 heteroatoms. The Labute approximate surface area is 107 Å². The number of aromatic nitrogens is 1. The molecule has 0 aliphatic carbocycles. The monoisotopic (exact) mass is 246 g/mol. The molecule has 2 aromatic rings. The first-order valence-electron chi connectivity index (χ1n) is 6.00. The van der Waals surface area contributed by atoms with Crippen LogP contribution in [-0.4, -0.2) is 29.8 Å². The minimum Gasteiger partial charge on any atom is -0.441 e.